The zero-order valence-electron chi connectivity index (χ0n) is 9.83. The molecule has 96 valence electrons. The van der Waals surface area contributed by atoms with Crippen LogP contribution in [0.3, 0.4) is 0 Å². The molecule has 0 radical (unpaired) electrons. The molecule has 0 aliphatic carbocycles. The van der Waals surface area contributed by atoms with E-state index in [4.69, 9.17) is 19.3 Å². The number of fused-ring (bicyclic) bond motifs is 1. The third kappa shape index (κ3) is 2.18. The van der Waals surface area contributed by atoms with Crippen LogP contribution in [-0.2, 0) is 0 Å². The minimum Gasteiger partial charge on any atom is -0.478 e. The van der Waals surface area contributed by atoms with E-state index in [-0.39, 0.29) is 18.1 Å². The summed E-state index contributed by atoms with van der Waals surface area (Å²) in [5, 5.41) is 9.07. The van der Waals surface area contributed by atoms with Gasteiger partial charge >= 0.3 is 5.97 Å². The molecule has 3 rings (SSSR count). The molecule has 0 aromatic heterocycles. The highest BCUT2D eigenvalue weighted by Gasteiger charge is 2.15. The van der Waals surface area contributed by atoms with E-state index in [1.54, 1.807) is 36.4 Å². The van der Waals surface area contributed by atoms with Crippen LogP contribution in [0.5, 0.6) is 23.0 Å². The molecule has 5 nitrogen and oxygen atoms in total. The molecule has 1 aliphatic rings. The van der Waals surface area contributed by atoms with Crippen molar-refractivity contribution in [2.45, 2.75) is 0 Å². The molecule has 5 heteroatoms. The van der Waals surface area contributed by atoms with E-state index >= 15 is 0 Å². The van der Waals surface area contributed by atoms with Gasteiger partial charge in [-0.25, -0.2) is 4.79 Å². The first kappa shape index (κ1) is 11.4. The standard InChI is InChI=1S/C14H10O5/c15-14(16)10-3-1-2-4-11(10)19-9-5-6-12-13(7-9)18-8-17-12/h1-7H,8H2,(H,15,16). The van der Waals surface area contributed by atoms with Crippen molar-refractivity contribution in [3.05, 3.63) is 48.0 Å². The van der Waals surface area contributed by atoms with Crippen molar-refractivity contribution in [2.75, 3.05) is 6.79 Å². The molecule has 0 spiro atoms. The molecular weight excluding hydrogens is 248 g/mol. The average molecular weight is 258 g/mol. The van der Waals surface area contributed by atoms with Gasteiger partial charge in [-0.1, -0.05) is 12.1 Å². The normalized spacial score (nSPS) is 12.2. The number of rotatable bonds is 3. The van der Waals surface area contributed by atoms with E-state index in [1.165, 1.54) is 6.07 Å². The van der Waals surface area contributed by atoms with Crippen LogP contribution in [-0.4, -0.2) is 17.9 Å². The first-order valence-corrected chi connectivity index (χ1v) is 5.64. The molecule has 0 unspecified atom stereocenters. The Morgan fingerprint density at radius 2 is 1.89 bits per heavy atom. The third-order valence-electron chi connectivity index (χ3n) is 2.69. The summed E-state index contributed by atoms with van der Waals surface area (Å²) in [7, 11) is 0. The molecule has 0 amide bonds. The highest BCUT2D eigenvalue weighted by Crippen LogP contribution is 2.37. The fraction of sp³-hybridized carbons (Fsp3) is 0.0714. The van der Waals surface area contributed by atoms with Crippen molar-refractivity contribution in [3.63, 3.8) is 0 Å². The number of para-hydroxylation sites is 1. The Hall–Kier alpha value is -2.69. The quantitative estimate of drug-likeness (QED) is 0.916. The van der Waals surface area contributed by atoms with Crippen molar-refractivity contribution in [1.29, 1.82) is 0 Å². The maximum Gasteiger partial charge on any atom is 0.339 e. The second kappa shape index (κ2) is 4.53. The molecular formula is C14H10O5. The molecule has 0 atom stereocenters. The van der Waals surface area contributed by atoms with Crippen molar-refractivity contribution in [3.8, 4) is 23.0 Å². The van der Waals surface area contributed by atoms with E-state index in [9.17, 15) is 4.79 Å². The minimum absolute atomic E-state index is 0.111. The molecule has 0 bridgehead atoms. The molecule has 2 aromatic rings. The predicted octanol–water partition coefficient (Wildman–Crippen LogP) is 2.91. The lowest BCUT2D eigenvalue weighted by Gasteiger charge is -2.08. The topological polar surface area (TPSA) is 65.0 Å². The van der Waals surface area contributed by atoms with E-state index in [0.29, 0.717) is 17.2 Å². The van der Waals surface area contributed by atoms with Gasteiger partial charge in [-0.3, -0.25) is 0 Å². The fourth-order valence-corrected chi connectivity index (χ4v) is 1.80. The van der Waals surface area contributed by atoms with Crippen LogP contribution in [0.25, 0.3) is 0 Å². The zero-order chi connectivity index (χ0) is 13.2. The number of hydrogen-bond acceptors (Lipinski definition) is 4. The second-order valence-electron chi connectivity index (χ2n) is 3.92. The highest BCUT2D eigenvalue weighted by molar-refractivity contribution is 5.90. The Morgan fingerprint density at radius 3 is 2.74 bits per heavy atom. The van der Waals surface area contributed by atoms with Crippen LogP contribution >= 0.6 is 0 Å². The van der Waals surface area contributed by atoms with Crippen LogP contribution in [0.15, 0.2) is 42.5 Å². The molecule has 1 aliphatic heterocycles. The zero-order valence-corrected chi connectivity index (χ0v) is 9.83. The maximum absolute atomic E-state index is 11.1. The number of benzene rings is 2. The molecule has 2 aromatic carbocycles. The average Bonchev–Trinajstić information content (AvgIpc) is 2.86. The van der Waals surface area contributed by atoms with Crippen molar-refractivity contribution >= 4 is 5.97 Å². The summed E-state index contributed by atoms with van der Waals surface area (Å²) in [6.07, 6.45) is 0. The number of carbonyl (C=O) groups is 1. The predicted molar refractivity (Wildman–Crippen MR) is 66.0 cm³/mol. The van der Waals surface area contributed by atoms with Crippen LogP contribution in [0.2, 0.25) is 0 Å². The monoisotopic (exact) mass is 258 g/mol. The van der Waals surface area contributed by atoms with E-state index in [0.717, 1.165) is 0 Å². The first-order chi connectivity index (χ1) is 9.24. The largest absolute Gasteiger partial charge is 0.478 e. The van der Waals surface area contributed by atoms with Gasteiger partial charge in [0.2, 0.25) is 6.79 Å². The van der Waals surface area contributed by atoms with E-state index in [1.807, 2.05) is 0 Å². The Morgan fingerprint density at radius 1 is 1.11 bits per heavy atom. The SMILES string of the molecule is O=C(O)c1ccccc1Oc1ccc2c(c1)OCO2. The Balaban J connectivity index is 1.91. The van der Waals surface area contributed by atoms with Crippen molar-refractivity contribution in [2.24, 2.45) is 0 Å². The summed E-state index contributed by atoms with van der Waals surface area (Å²) in [6, 6.07) is 11.6. The van der Waals surface area contributed by atoms with Crippen LogP contribution in [0.4, 0.5) is 0 Å². The van der Waals surface area contributed by atoms with Gasteiger partial charge in [-0.2, -0.15) is 0 Å². The van der Waals surface area contributed by atoms with Gasteiger partial charge < -0.3 is 19.3 Å². The third-order valence-corrected chi connectivity index (χ3v) is 2.69. The molecule has 0 saturated carbocycles. The fourth-order valence-electron chi connectivity index (χ4n) is 1.80. The van der Waals surface area contributed by atoms with Gasteiger partial charge in [-0.05, 0) is 24.3 Å². The van der Waals surface area contributed by atoms with E-state index < -0.39 is 5.97 Å². The Kier molecular flexibility index (Phi) is 2.72. The van der Waals surface area contributed by atoms with Crippen molar-refractivity contribution < 1.29 is 24.1 Å². The Labute approximate surface area is 109 Å². The van der Waals surface area contributed by atoms with Crippen LogP contribution in [0, 0.1) is 0 Å². The minimum atomic E-state index is -1.03. The molecule has 1 heterocycles. The lowest BCUT2D eigenvalue weighted by molar-refractivity contribution is 0.0694. The van der Waals surface area contributed by atoms with E-state index in [2.05, 4.69) is 0 Å². The Bertz CT molecular complexity index is 635. The van der Waals surface area contributed by atoms with Gasteiger partial charge in [0.15, 0.2) is 11.5 Å². The molecule has 19 heavy (non-hydrogen) atoms. The van der Waals surface area contributed by atoms with Gasteiger partial charge in [0.1, 0.15) is 17.1 Å². The van der Waals surface area contributed by atoms with Gasteiger partial charge in [-0.15, -0.1) is 0 Å². The maximum atomic E-state index is 11.1. The summed E-state index contributed by atoms with van der Waals surface area (Å²) < 4.78 is 16.0. The second-order valence-corrected chi connectivity index (χ2v) is 3.92. The molecule has 0 fully saturated rings. The van der Waals surface area contributed by atoms with Crippen LogP contribution in [0.1, 0.15) is 10.4 Å². The lowest BCUT2D eigenvalue weighted by atomic mass is 10.2. The van der Waals surface area contributed by atoms with Gasteiger partial charge in [0, 0.05) is 6.07 Å². The smallest absolute Gasteiger partial charge is 0.339 e. The lowest BCUT2D eigenvalue weighted by Crippen LogP contribution is -1.99. The van der Waals surface area contributed by atoms with Gasteiger partial charge in [0.25, 0.3) is 0 Å². The summed E-state index contributed by atoms with van der Waals surface area (Å²) in [5.41, 5.74) is 0.111. The number of hydrogen-bond donors (Lipinski definition) is 1. The molecule has 1 N–H and O–H groups in total. The highest BCUT2D eigenvalue weighted by atomic mass is 16.7. The van der Waals surface area contributed by atoms with Crippen molar-refractivity contribution in [1.82, 2.24) is 0 Å². The van der Waals surface area contributed by atoms with Crippen LogP contribution < -0.4 is 14.2 Å². The molecule has 0 saturated heterocycles. The summed E-state index contributed by atoms with van der Waals surface area (Å²) in [5.74, 6) is 0.993. The number of aromatic carboxylic acids is 1. The first-order valence-electron chi connectivity index (χ1n) is 5.64. The summed E-state index contributed by atoms with van der Waals surface area (Å²) in [6.45, 7) is 0.185. The van der Waals surface area contributed by atoms with Gasteiger partial charge in [0.05, 0.1) is 0 Å². The number of carboxylic acid groups (broad SMARTS) is 1. The number of ether oxygens (including phenoxy) is 3. The number of carboxylic acids is 1. The summed E-state index contributed by atoms with van der Waals surface area (Å²) >= 11 is 0. The summed E-state index contributed by atoms with van der Waals surface area (Å²) in [4.78, 5) is 11.1.